The number of thioether (sulfide) groups is 1. The average molecular weight is 215 g/mol. The molecule has 0 aliphatic heterocycles. The Balaban J connectivity index is 2.17. The predicted octanol–water partition coefficient (Wildman–Crippen LogP) is 0.665. The fourth-order valence-corrected chi connectivity index (χ4v) is 1.72. The van der Waals surface area contributed by atoms with Crippen LogP contribution in [0, 0.1) is 0 Å². The van der Waals surface area contributed by atoms with Crippen LogP contribution in [0.5, 0.6) is 0 Å². The smallest absolute Gasteiger partial charge is 0.164 e. The van der Waals surface area contributed by atoms with E-state index >= 15 is 0 Å². The summed E-state index contributed by atoms with van der Waals surface area (Å²) in [7, 11) is 0. The van der Waals surface area contributed by atoms with Gasteiger partial charge in [-0.05, 0) is 35.3 Å². The van der Waals surface area contributed by atoms with Crippen LogP contribution in [0.1, 0.15) is 25.1 Å². The first-order chi connectivity index (χ1) is 6.88. The van der Waals surface area contributed by atoms with Crippen molar-refractivity contribution in [3.8, 4) is 0 Å². The van der Waals surface area contributed by atoms with Crippen LogP contribution in [0.15, 0.2) is 0 Å². The number of hydrogen-bond donors (Lipinski definition) is 1. The highest BCUT2D eigenvalue weighted by Gasteiger charge is 2.02. The molecule has 1 aromatic rings. The lowest BCUT2D eigenvalue weighted by Gasteiger charge is -2.02. The van der Waals surface area contributed by atoms with E-state index in [1.54, 1.807) is 4.68 Å². The van der Waals surface area contributed by atoms with Crippen LogP contribution in [0.3, 0.4) is 0 Å². The topological polar surface area (TPSA) is 69.6 Å². The van der Waals surface area contributed by atoms with Gasteiger partial charge in [0.1, 0.15) is 0 Å². The normalized spacial score (nSPS) is 10.7. The molecule has 0 aliphatic rings. The Bertz CT molecular complexity index is 250. The molecule has 1 aromatic heterocycles. The van der Waals surface area contributed by atoms with Gasteiger partial charge in [0.25, 0.3) is 0 Å². The summed E-state index contributed by atoms with van der Waals surface area (Å²) < 4.78 is 1.79. The van der Waals surface area contributed by atoms with Crippen LogP contribution in [0.2, 0.25) is 0 Å². The van der Waals surface area contributed by atoms with E-state index < -0.39 is 0 Å². The van der Waals surface area contributed by atoms with Gasteiger partial charge in [0.15, 0.2) is 5.82 Å². The van der Waals surface area contributed by atoms with E-state index in [0.717, 1.165) is 18.8 Å². The molecule has 0 aliphatic carbocycles. The van der Waals surface area contributed by atoms with Gasteiger partial charge >= 0.3 is 0 Å². The maximum absolute atomic E-state index is 5.48. The molecule has 1 rings (SSSR count). The zero-order valence-electron chi connectivity index (χ0n) is 8.52. The Morgan fingerprint density at radius 1 is 1.36 bits per heavy atom. The summed E-state index contributed by atoms with van der Waals surface area (Å²) in [6.07, 6.45) is 5.75. The van der Waals surface area contributed by atoms with Gasteiger partial charge < -0.3 is 5.73 Å². The fourth-order valence-electron chi connectivity index (χ4n) is 1.23. The SMILES string of the molecule is CSCCCCCn1nnnc1CN. The first-order valence-electron chi connectivity index (χ1n) is 4.82. The van der Waals surface area contributed by atoms with Gasteiger partial charge in [-0.3, -0.25) is 0 Å². The molecule has 0 saturated heterocycles. The maximum atomic E-state index is 5.48. The van der Waals surface area contributed by atoms with Gasteiger partial charge in [0.2, 0.25) is 0 Å². The molecule has 0 bridgehead atoms. The van der Waals surface area contributed by atoms with Crippen LogP contribution in [-0.2, 0) is 13.1 Å². The molecule has 14 heavy (non-hydrogen) atoms. The molecule has 0 fully saturated rings. The van der Waals surface area contributed by atoms with Gasteiger partial charge in [-0.1, -0.05) is 6.42 Å². The zero-order chi connectivity index (χ0) is 10.2. The molecule has 2 N–H and O–H groups in total. The van der Waals surface area contributed by atoms with Crippen LogP contribution < -0.4 is 5.73 Å². The highest BCUT2D eigenvalue weighted by molar-refractivity contribution is 7.98. The first-order valence-corrected chi connectivity index (χ1v) is 6.22. The van der Waals surface area contributed by atoms with Gasteiger partial charge in [-0.2, -0.15) is 11.8 Å². The zero-order valence-corrected chi connectivity index (χ0v) is 9.33. The van der Waals surface area contributed by atoms with Crippen molar-refractivity contribution in [3.63, 3.8) is 0 Å². The Morgan fingerprint density at radius 3 is 2.93 bits per heavy atom. The molecule has 0 radical (unpaired) electrons. The van der Waals surface area contributed by atoms with E-state index in [4.69, 9.17) is 5.73 Å². The second-order valence-corrected chi connectivity index (χ2v) is 4.06. The summed E-state index contributed by atoms with van der Waals surface area (Å²) in [5.41, 5.74) is 5.48. The summed E-state index contributed by atoms with van der Waals surface area (Å²) in [6.45, 7) is 1.30. The second-order valence-electron chi connectivity index (χ2n) is 3.08. The van der Waals surface area contributed by atoms with Crippen molar-refractivity contribution < 1.29 is 0 Å². The summed E-state index contributed by atoms with van der Waals surface area (Å²) in [4.78, 5) is 0. The standard InChI is InChI=1S/C8H17N5S/c1-14-6-4-2-3-5-13-8(7-9)10-11-12-13/h2-7,9H2,1H3. The number of tetrazole rings is 1. The number of rotatable bonds is 7. The third-order valence-electron chi connectivity index (χ3n) is 2.01. The third kappa shape index (κ3) is 3.63. The summed E-state index contributed by atoms with van der Waals surface area (Å²) >= 11 is 1.89. The van der Waals surface area contributed by atoms with Crippen molar-refractivity contribution in [1.82, 2.24) is 20.2 Å². The molecule has 0 saturated carbocycles. The lowest BCUT2D eigenvalue weighted by Crippen LogP contribution is -2.10. The minimum atomic E-state index is 0.414. The quantitative estimate of drug-likeness (QED) is 0.677. The number of hydrogen-bond acceptors (Lipinski definition) is 5. The summed E-state index contributed by atoms with van der Waals surface area (Å²) in [5, 5.41) is 11.3. The first kappa shape index (κ1) is 11.5. The molecule has 1 heterocycles. The molecule has 5 nitrogen and oxygen atoms in total. The Kier molecular flexibility index (Phi) is 5.55. The predicted molar refractivity (Wildman–Crippen MR) is 57.9 cm³/mol. The Morgan fingerprint density at radius 2 is 2.21 bits per heavy atom. The third-order valence-corrected chi connectivity index (χ3v) is 2.70. The van der Waals surface area contributed by atoms with Crippen molar-refractivity contribution in [2.45, 2.75) is 32.4 Å². The minimum Gasteiger partial charge on any atom is -0.324 e. The van der Waals surface area contributed by atoms with Crippen LogP contribution >= 0.6 is 11.8 Å². The van der Waals surface area contributed by atoms with Crippen LogP contribution in [0.4, 0.5) is 0 Å². The van der Waals surface area contributed by atoms with Gasteiger partial charge in [0, 0.05) is 6.54 Å². The Hall–Kier alpha value is -0.620. The van der Waals surface area contributed by atoms with Crippen molar-refractivity contribution in [2.24, 2.45) is 5.73 Å². The number of aryl methyl sites for hydroxylation is 1. The van der Waals surface area contributed by atoms with E-state index in [1.165, 1.54) is 18.6 Å². The van der Waals surface area contributed by atoms with Crippen molar-refractivity contribution in [1.29, 1.82) is 0 Å². The van der Waals surface area contributed by atoms with Crippen LogP contribution in [-0.4, -0.2) is 32.2 Å². The molecule has 0 amide bonds. The van der Waals surface area contributed by atoms with E-state index in [9.17, 15) is 0 Å². The van der Waals surface area contributed by atoms with Crippen LogP contribution in [0.25, 0.3) is 0 Å². The van der Waals surface area contributed by atoms with Crippen molar-refractivity contribution in [3.05, 3.63) is 5.82 Å². The number of nitrogens with two attached hydrogens (primary N) is 1. The average Bonchev–Trinajstić information content (AvgIpc) is 2.65. The molecule has 0 unspecified atom stereocenters. The van der Waals surface area contributed by atoms with Gasteiger partial charge in [-0.15, -0.1) is 5.10 Å². The molecule has 0 aromatic carbocycles. The summed E-state index contributed by atoms with van der Waals surface area (Å²) in [5.74, 6) is 2.01. The number of aromatic nitrogens is 4. The molecule has 0 spiro atoms. The van der Waals surface area contributed by atoms with Crippen molar-refractivity contribution >= 4 is 11.8 Å². The second kappa shape index (κ2) is 6.78. The van der Waals surface area contributed by atoms with Crippen molar-refractivity contribution in [2.75, 3.05) is 12.0 Å². The highest BCUT2D eigenvalue weighted by atomic mass is 32.2. The largest absolute Gasteiger partial charge is 0.324 e. The molecule has 0 atom stereocenters. The lowest BCUT2D eigenvalue weighted by molar-refractivity contribution is 0.521. The van der Waals surface area contributed by atoms with E-state index in [1.807, 2.05) is 11.8 Å². The Labute approximate surface area is 88.4 Å². The van der Waals surface area contributed by atoms with E-state index in [2.05, 4.69) is 21.8 Å². The lowest BCUT2D eigenvalue weighted by atomic mass is 10.2. The number of nitrogens with zero attached hydrogens (tertiary/aromatic N) is 4. The molecule has 6 heteroatoms. The van der Waals surface area contributed by atoms with E-state index in [0.29, 0.717) is 6.54 Å². The fraction of sp³-hybridized carbons (Fsp3) is 0.875. The monoisotopic (exact) mass is 215 g/mol. The maximum Gasteiger partial charge on any atom is 0.164 e. The van der Waals surface area contributed by atoms with Gasteiger partial charge in [-0.25, -0.2) is 4.68 Å². The molecular weight excluding hydrogens is 198 g/mol. The van der Waals surface area contributed by atoms with Gasteiger partial charge in [0.05, 0.1) is 6.54 Å². The number of unbranched alkanes of at least 4 members (excludes halogenated alkanes) is 2. The van der Waals surface area contributed by atoms with E-state index in [-0.39, 0.29) is 0 Å². The summed E-state index contributed by atoms with van der Waals surface area (Å²) in [6, 6.07) is 0. The highest BCUT2D eigenvalue weighted by Crippen LogP contribution is 2.03. The molecular formula is C8H17N5S. The molecule has 80 valence electrons. The minimum absolute atomic E-state index is 0.414.